The quantitative estimate of drug-likeness (QED) is 0.672. The Balaban J connectivity index is 1.57. The number of rotatable bonds is 6. The molecule has 0 bridgehead atoms. The summed E-state index contributed by atoms with van der Waals surface area (Å²) in [6, 6.07) is 14.6. The average Bonchev–Trinajstić information content (AvgIpc) is 3.27. The summed E-state index contributed by atoms with van der Waals surface area (Å²) in [5.74, 6) is 1.97. The van der Waals surface area contributed by atoms with Crippen LogP contribution in [-0.4, -0.2) is 29.1 Å². The topological polar surface area (TPSA) is 38.5 Å². The zero-order valence-corrected chi connectivity index (χ0v) is 14.6. The zero-order valence-electron chi connectivity index (χ0n) is 14.6. The van der Waals surface area contributed by atoms with Gasteiger partial charge in [0.25, 0.3) is 0 Å². The second-order valence-electron chi connectivity index (χ2n) is 6.80. The van der Waals surface area contributed by atoms with Gasteiger partial charge in [0.15, 0.2) is 0 Å². The molecule has 0 N–H and O–H groups in total. The van der Waals surface area contributed by atoms with E-state index in [1.54, 1.807) is 0 Å². The number of hydrogen-bond donors (Lipinski definition) is 0. The molecule has 3 heterocycles. The lowest BCUT2D eigenvalue weighted by Crippen LogP contribution is -2.31. The van der Waals surface area contributed by atoms with Crippen LogP contribution in [0.4, 0.5) is 0 Å². The number of aromatic nitrogens is 1. The molecule has 4 heteroatoms. The van der Waals surface area contributed by atoms with Crippen LogP contribution in [0.5, 0.6) is 0 Å². The maximum atomic E-state index is 5.87. The van der Waals surface area contributed by atoms with E-state index in [4.69, 9.17) is 9.15 Å². The van der Waals surface area contributed by atoms with E-state index in [2.05, 4.69) is 40.2 Å². The van der Waals surface area contributed by atoms with Crippen molar-refractivity contribution >= 4 is 10.9 Å². The molecule has 1 atom stereocenters. The van der Waals surface area contributed by atoms with Crippen LogP contribution in [0.25, 0.3) is 10.9 Å². The van der Waals surface area contributed by atoms with Crippen LogP contribution in [0.1, 0.15) is 29.9 Å². The first kappa shape index (κ1) is 16.3. The molecule has 3 aromatic rings. The van der Waals surface area contributed by atoms with Gasteiger partial charge in [0.2, 0.25) is 0 Å². The molecular weight excluding hydrogens is 312 g/mol. The minimum Gasteiger partial charge on any atom is -0.465 e. The number of hydrogen-bond acceptors (Lipinski definition) is 4. The first-order chi connectivity index (χ1) is 12.3. The molecule has 2 aromatic heterocycles. The smallest absolute Gasteiger partial charge is 0.118 e. The Bertz CT molecular complexity index is 831. The maximum Gasteiger partial charge on any atom is 0.118 e. The minimum absolute atomic E-state index is 0.323. The van der Waals surface area contributed by atoms with E-state index < -0.39 is 0 Å². The van der Waals surface area contributed by atoms with Crippen molar-refractivity contribution in [3.05, 3.63) is 65.7 Å². The Labute approximate surface area is 148 Å². The summed E-state index contributed by atoms with van der Waals surface area (Å²) in [5.41, 5.74) is 2.35. The maximum absolute atomic E-state index is 5.87. The number of fused-ring (bicyclic) bond motifs is 1. The number of nitrogens with zero attached hydrogens (tertiary/aromatic N) is 2. The van der Waals surface area contributed by atoms with Gasteiger partial charge in [-0.1, -0.05) is 18.2 Å². The van der Waals surface area contributed by atoms with Crippen molar-refractivity contribution in [1.82, 2.24) is 9.88 Å². The molecule has 1 aliphatic heterocycles. The number of ether oxygens (including phenoxy) is 1. The molecule has 0 radical (unpaired) electrons. The predicted molar refractivity (Wildman–Crippen MR) is 98.3 cm³/mol. The van der Waals surface area contributed by atoms with Gasteiger partial charge in [0, 0.05) is 31.3 Å². The second kappa shape index (κ2) is 7.38. The number of benzene rings is 1. The summed E-state index contributed by atoms with van der Waals surface area (Å²) in [6.07, 6.45) is 4.48. The van der Waals surface area contributed by atoms with Crippen LogP contribution < -0.4 is 0 Å². The van der Waals surface area contributed by atoms with E-state index in [0.717, 1.165) is 56.1 Å². The highest BCUT2D eigenvalue weighted by molar-refractivity contribution is 5.81. The summed E-state index contributed by atoms with van der Waals surface area (Å²) in [5, 5.41) is 1.22. The van der Waals surface area contributed by atoms with Gasteiger partial charge in [-0.05, 0) is 49.6 Å². The lowest BCUT2D eigenvalue weighted by atomic mass is 10.1. The van der Waals surface area contributed by atoms with Crippen molar-refractivity contribution in [2.45, 2.75) is 39.0 Å². The SMILES string of the molecule is Cc1ccc(CN(Cc2cccc3ncccc23)CC2CCCO2)o1. The number of pyridine rings is 1. The molecule has 0 spiro atoms. The molecule has 1 saturated heterocycles. The molecule has 1 aromatic carbocycles. The fraction of sp³-hybridized carbons (Fsp3) is 0.381. The van der Waals surface area contributed by atoms with Crippen LogP contribution in [-0.2, 0) is 17.8 Å². The Morgan fingerprint density at radius 2 is 2.08 bits per heavy atom. The summed E-state index contributed by atoms with van der Waals surface area (Å²) in [6.45, 7) is 5.46. The van der Waals surface area contributed by atoms with Crippen molar-refractivity contribution in [2.24, 2.45) is 0 Å². The lowest BCUT2D eigenvalue weighted by molar-refractivity contribution is 0.0655. The summed E-state index contributed by atoms with van der Waals surface area (Å²) >= 11 is 0. The fourth-order valence-corrected chi connectivity index (χ4v) is 3.60. The van der Waals surface area contributed by atoms with Crippen LogP contribution >= 0.6 is 0 Å². The van der Waals surface area contributed by atoms with Gasteiger partial charge in [0.1, 0.15) is 11.5 Å². The largest absolute Gasteiger partial charge is 0.465 e. The van der Waals surface area contributed by atoms with Gasteiger partial charge in [0.05, 0.1) is 18.2 Å². The Hall–Kier alpha value is -2.17. The number of furan rings is 1. The van der Waals surface area contributed by atoms with Gasteiger partial charge in [-0.15, -0.1) is 0 Å². The normalized spacial score (nSPS) is 17.6. The van der Waals surface area contributed by atoms with Crippen molar-refractivity contribution in [1.29, 1.82) is 0 Å². The molecule has 130 valence electrons. The molecule has 0 amide bonds. The predicted octanol–water partition coefficient (Wildman–Crippen LogP) is 4.32. The van der Waals surface area contributed by atoms with Gasteiger partial charge in [-0.3, -0.25) is 9.88 Å². The minimum atomic E-state index is 0.323. The first-order valence-electron chi connectivity index (χ1n) is 9.00. The first-order valence-corrected chi connectivity index (χ1v) is 9.00. The molecule has 0 saturated carbocycles. The highest BCUT2D eigenvalue weighted by Crippen LogP contribution is 2.22. The third-order valence-electron chi connectivity index (χ3n) is 4.79. The van der Waals surface area contributed by atoms with E-state index in [9.17, 15) is 0 Å². The van der Waals surface area contributed by atoms with Crippen LogP contribution in [0.15, 0.2) is 53.1 Å². The van der Waals surface area contributed by atoms with Crippen LogP contribution in [0, 0.1) is 6.92 Å². The Morgan fingerprint density at radius 3 is 2.88 bits per heavy atom. The zero-order chi connectivity index (χ0) is 17.1. The Kier molecular flexibility index (Phi) is 4.81. The summed E-state index contributed by atoms with van der Waals surface area (Å²) < 4.78 is 11.7. The van der Waals surface area contributed by atoms with Crippen molar-refractivity contribution in [2.75, 3.05) is 13.2 Å². The Morgan fingerprint density at radius 1 is 1.12 bits per heavy atom. The second-order valence-corrected chi connectivity index (χ2v) is 6.80. The third kappa shape index (κ3) is 3.91. The fourth-order valence-electron chi connectivity index (χ4n) is 3.60. The molecule has 1 aliphatic rings. The monoisotopic (exact) mass is 336 g/mol. The average molecular weight is 336 g/mol. The highest BCUT2D eigenvalue weighted by atomic mass is 16.5. The molecule has 1 unspecified atom stereocenters. The van der Waals surface area contributed by atoms with E-state index in [0.29, 0.717) is 6.10 Å². The summed E-state index contributed by atoms with van der Waals surface area (Å²) in [7, 11) is 0. The standard InChI is InChI=1S/C21H24N2O2/c1-16-9-10-19(25-16)15-23(14-18-6-4-12-24-18)13-17-5-2-8-21-20(17)7-3-11-22-21/h2-3,5,7-11,18H,4,6,12-15H2,1H3. The molecule has 1 fully saturated rings. The van der Waals surface area contributed by atoms with E-state index >= 15 is 0 Å². The highest BCUT2D eigenvalue weighted by Gasteiger charge is 2.21. The van der Waals surface area contributed by atoms with Crippen LogP contribution in [0.3, 0.4) is 0 Å². The molecule has 25 heavy (non-hydrogen) atoms. The third-order valence-corrected chi connectivity index (χ3v) is 4.79. The molecule has 0 aliphatic carbocycles. The van der Waals surface area contributed by atoms with E-state index in [1.165, 1.54) is 10.9 Å². The van der Waals surface area contributed by atoms with Crippen LogP contribution in [0.2, 0.25) is 0 Å². The van der Waals surface area contributed by atoms with Gasteiger partial charge in [-0.25, -0.2) is 0 Å². The lowest BCUT2D eigenvalue weighted by Gasteiger charge is -2.25. The van der Waals surface area contributed by atoms with Gasteiger partial charge < -0.3 is 9.15 Å². The summed E-state index contributed by atoms with van der Waals surface area (Å²) in [4.78, 5) is 6.90. The van der Waals surface area contributed by atoms with E-state index in [-0.39, 0.29) is 0 Å². The van der Waals surface area contributed by atoms with E-state index in [1.807, 2.05) is 25.3 Å². The van der Waals surface area contributed by atoms with Crippen molar-refractivity contribution < 1.29 is 9.15 Å². The molecule has 4 nitrogen and oxygen atoms in total. The van der Waals surface area contributed by atoms with Gasteiger partial charge >= 0.3 is 0 Å². The number of aryl methyl sites for hydroxylation is 1. The molecule has 4 rings (SSSR count). The van der Waals surface area contributed by atoms with Crippen molar-refractivity contribution in [3.8, 4) is 0 Å². The van der Waals surface area contributed by atoms with Crippen molar-refractivity contribution in [3.63, 3.8) is 0 Å². The molecular formula is C21H24N2O2. The van der Waals surface area contributed by atoms with Gasteiger partial charge in [-0.2, -0.15) is 0 Å².